The number of carboxylic acids is 1. The summed E-state index contributed by atoms with van der Waals surface area (Å²) in [4.78, 5) is 31.9. The minimum Gasteiger partial charge on any atom is -0.478 e. The van der Waals surface area contributed by atoms with E-state index in [0.29, 0.717) is 15.8 Å². The van der Waals surface area contributed by atoms with E-state index in [-0.39, 0.29) is 17.5 Å². The molecule has 1 saturated heterocycles. The largest absolute Gasteiger partial charge is 0.478 e. The van der Waals surface area contributed by atoms with E-state index >= 15 is 0 Å². The fourth-order valence-corrected chi connectivity index (χ4v) is 5.10. The van der Waals surface area contributed by atoms with Crippen molar-refractivity contribution in [3.63, 3.8) is 0 Å². The number of benzene rings is 2. The second-order valence-corrected chi connectivity index (χ2v) is 8.93. The predicted molar refractivity (Wildman–Crippen MR) is 126 cm³/mol. The number of carboxylic acid groups (broad SMARTS) is 1. The van der Waals surface area contributed by atoms with E-state index in [1.807, 2.05) is 23.1 Å². The highest BCUT2D eigenvalue weighted by molar-refractivity contribution is 8.18. The number of aliphatic imine (C=N–C) groups is 1. The molecular formula is C25H26N2O3S. The monoisotopic (exact) mass is 434 g/mol. The van der Waals surface area contributed by atoms with Crippen LogP contribution in [0.2, 0.25) is 0 Å². The predicted octanol–water partition coefficient (Wildman–Crippen LogP) is 5.88. The van der Waals surface area contributed by atoms with Crippen molar-refractivity contribution >= 4 is 40.6 Å². The molecule has 1 aliphatic carbocycles. The highest BCUT2D eigenvalue weighted by atomic mass is 32.2. The lowest BCUT2D eigenvalue weighted by Gasteiger charge is -2.30. The average Bonchev–Trinajstić information content (AvgIpc) is 3.09. The van der Waals surface area contributed by atoms with Crippen LogP contribution in [0.15, 0.2) is 58.4 Å². The van der Waals surface area contributed by atoms with Gasteiger partial charge in [-0.1, -0.05) is 56.5 Å². The summed E-state index contributed by atoms with van der Waals surface area (Å²) < 4.78 is 0. The Bertz CT molecular complexity index is 1040. The van der Waals surface area contributed by atoms with Crippen molar-refractivity contribution in [1.82, 2.24) is 4.90 Å². The Labute approximate surface area is 186 Å². The number of carbonyl (C=O) groups is 2. The first-order valence-electron chi connectivity index (χ1n) is 10.8. The zero-order chi connectivity index (χ0) is 21.8. The fourth-order valence-electron chi connectivity index (χ4n) is 4.05. The molecule has 4 rings (SSSR count). The molecule has 2 aromatic rings. The van der Waals surface area contributed by atoms with Gasteiger partial charge in [-0.05, 0) is 66.4 Å². The van der Waals surface area contributed by atoms with Crippen LogP contribution in [-0.4, -0.2) is 33.1 Å². The normalized spacial score (nSPS) is 20.0. The number of rotatable bonds is 5. The minimum atomic E-state index is -0.988. The Kier molecular flexibility index (Phi) is 6.56. The first-order chi connectivity index (χ1) is 15.0. The first-order valence-corrected chi connectivity index (χ1v) is 11.6. The summed E-state index contributed by atoms with van der Waals surface area (Å²) in [6.07, 6.45) is 8.27. The number of thioether (sulfide) groups is 1. The number of carbonyl (C=O) groups excluding carboxylic acids is 1. The lowest BCUT2D eigenvalue weighted by molar-refractivity contribution is -0.124. The lowest BCUT2D eigenvalue weighted by atomic mass is 9.94. The Morgan fingerprint density at radius 1 is 1.16 bits per heavy atom. The highest BCUT2D eigenvalue weighted by Crippen LogP contribution is 2.38. The maximum atomic E-state index is 13.4. The molecular weight excluding hydrogens is 408 g/mol. The fraction of sp³-hybridized carbons (Fsp3) is 0.320. The van der Waals surface area contributed by atoms with Crippen LogP contribution in [0.1, 0.15) is 60.5 Å². The van der Waals surface area contributed by atoms with Crippen LogP contribution in [0, 0.1) is 0 Å². The van der Waals surface area contributed by atoms with Gasteiger partial charge < -0.3 is 5.11 Å². The van der Waals surface area contributed by atoms with Gasteiger partial charge in [-0.15, -0.1) is 0 Å². The Morgan fingerprint density at radius 2 is 1.90 bits per heavy atom. The minimum absolute atomic E-state index is 0.00962. The van der Waals surface area contributed by atoms with Crippen molar-refractivity contribution in [3.05, 3.63) is 70.1 Å². The third kappa shape index (κ3) is 4.90. The van der Waals surface area contributed by atoms with Gasteiger partial charge in [-0.25, -0.2) is 9.79 Å². The van der Waals surface area contributed by atoms with Crippen molar-refractivity contribution in [1.29, 1.82) is 0 Å². The van der Waals surface area contributed by atoms with Crippen LogP contribution in [0.3, 0.4) is 0 Å². The van der Waals surface area contributed by atoms with E-state index in [1.165, 1.54) is 23.7 Å². The number of hydrogen-bond acceptors (Lipinski definition) is 4. The van der Waals surface area contributed by atoms with Gasteiger partial charge in [0.05, 0.1) is 16.2 Å². The summed E-state index contributed by atoms with van der Waals surface area (Å²) in [7, 11) is 0. The molecule has 1 saturated carbocycles. The summed E-state index contributed by atoms with van der Waals surface area (Å²) in [5, 5.41) is 9.92. The average molecular weight is 435 g/mol. The molecule has 1 N–H and O–H groups in total. The van der Waals surface area contributed by atoms with Crippen LogP contribution in [0.4, 0.5) is 5.69 Å². The molecule has 0 atom stereocenters. The number of hydrogen-bond donors (Lipinski definition) is 1. The van der Waals surface area contributed by atoms with E-state index in [2.05, 4.69) is 19.1 Å². The molecule has 2 fully saturated rings. The van der Waals surface area contributed by atoms with E-state index in [1.54, 1.807) is 24.3 Å². The summed E-state index contributed by atoms with van der Waals surface area (Å²) in [6.45, 7) is 2.12. The van der Waals surface area contributed by atoms with E-state index in [0.717, 1.165) is 37.7 Å². The zero-order valence-corrected chi connectivity index (χ0v) is 18.4. The maximum Gasteiger partial charge on any atom is 0.335 e. The molecule has 1 aliphatic heterocycles. The molecule has 160 valence electrons. The van der Waals surface area contributed by atoms with Gasteiger partial charge in [0.15, 0.2) is 5.17 Å². The molecule has 1 amide bonds. The molecule has 5 nitrogen and oxygen atoms in total. The topological polar surface area (TPSA) is 70.0 Å². The van der Waals surface area contributed by atoms with Gasteiger partial charge in [0.2, 0.25) is 0 Å². The summed E-state index contributed by atoms with van der Waals surface area (Å²) in [6, 6.07) is 14.9. The summed E-state index contributed by atoms with van der Waals surface area (Å²) in [5.41, 5.74) is 2.99. The van der Waals surface area contributed by atoms with Gasteiger partial charge in [-0.3, -0.25) is 9.69 Å². The van der Waals surface area contributed by atoms with E-state index < -0.39 is 5.97 Å². The molecule has 1 heterocycles. The van der Waals surface area contributed by atoms with Crippen LogP contribution >= 0.6 is 11.8 Å². The van der Waals surface area contributed by atoms with Crippen molar-refractivity contribution < 1.29 is 14.7 Å². The van der Waals surface area contributed by atoms with E-state index in [4.69, 9.17) is 4.99 Å². The van der Waals surface area contributed by atoms with Crippen molar-refractivity contribution in [3.8, 4) is 0 Å². The third-order valence-electron chi connectivity index (χ3n) is 5.78. The van der Waals surface area contributed by atoms with Gasteiger partial charge in [0, 0.05) is 6.04 Å². The first kappa shape index (κ1) is 21.4. The summed E-state index contributed by atoms with van der Waals surface area (Å²) in [5.74, 6) is -0.998. The Hall–Kier alpha value is -2.86. The number of nitrogens with zero attached hydrogens (tertiary/aromatic N) is 2. The second kappa shape index (κ2) is 9.52. The van der Waals surface area contributed by atoms with E-state index in [9.17, 15) is 14.7 Å². The van der Waals surface area contributed by atoms with Crippen LogP contribution in [-0.2, 0) is 11.2 Å². The van der Waals surface area contributed by atoms with Crippen molar-refractivity contribution in [2.45, 2.75) is 51.5 Å². The molecule has 0 aromatic heterocycles. The Balaban J connectivity index is 1.69. The van der Waals surface area contributed by atoms with Crippen LogP contribution < -0.4 is 0 Å². The number of aromatic carboxylic acids is 1. The van der Waals surface area contributed by atoms with Crippen LogP contribution in [0.5, 0.6) is 0 Å². The smallest absolute Gasteiger partial charge is 0.335 e. The molecule has 0 bridgehead atoms. The third-order valence-corrected chi connectivity index (χ3v) is 6.76. The van der Waals surface area contributed by atoms with Gasteiger partial charge in [0.1, 0.15) is 0 Å². The Morgan fingerprint density at radius 3 is 2.58 bits per heavy atom. The number of amidine groups is 1. The highest BCUT2D eigenvalue weighted by Gasteiger charge is 2.38. The SMILES string of the molecule is CCc1ccc(/C=C2\SC(=Nc3cccc(C(=O)O)c3)N(C3CCCCC3)C2=O)cc1. The molecule has 0 spiro atoms. The second-order valence-electron chi connectivity index (χ2n) is 7.92. The molecule has 2 aliphatic rings. The molecule has 6 heteroatoms. The standard InChI is InChI=1S/C25H26N2O3S/c1-2-17-11-13-18(14-12-17)15-22-23(28)27(21-9-4-3-5-10-21)25(31-22)26-20-8-6-7-19(16-20)24(29)30/h6-8,11-16,21H,2-5,9-10H2,1H3,(H,29,30)/b22-15-,26-25?. The molecule has 2 aromatic carbocycles. The quantitative estimate of drug-likeness (QED) is 0.596. The molecule has 0 radical (unpaired) electrons. The lowest BCUT2D eigenvalue weighted by Crippen LogP contribution is -2.40. The molecule has 31 heavy (non-hydrogen) atoms. The van der Waals surface area contributed by atoms with Crippen LogP contribution in [0.25, 0.3) is 6.08 Å². The van der Waals surface area contributed by atoms with Gasteiger partial charge in [0.25, 0.3) is 5.91 Å². The zero-order valence-electron chi connectivity index (χ0n) is 17.6. The summed E-state index contributed by atoms with van der Waals surface area (Å²) >= 11 is 1.37. The number of amides is 1. The molecule has 0 unspecified atom stereocenters. The van der Waals surface area contributed by atoms with Gasteiger partial charge in [-0.2, -0.15) is 0 Å². The maximum absolute atomic E-state index is 13.4. The van der Waals surface area contributed by atoms with Crippen molar-refractivity contribution in [2.75, 3.05) is 0 Å². The number of aryl methyl sites for hydroxylation is 1. The van der Waals surface area contributed by atoms with Crippen molar-refractivity contribution in [2.24, 2.45) is 4.99 Å². The van der Waals surface area contributed by atoms with Gasteiger partial charge >= 0.3 is 5.97 Å².